The molecule has 7 heteroatoms. The maximum absolute atomic E-state index is 12.4. The van der Waals surface area contributed by atoms with Crippen LogP contribution in [0.5, 0.6) is 0 Å². The molecule has 6 nitrogen and oxygen atoms in total. The van der Waals surface area contributed by atoms with Gasteiger partial charge in [0.25, 0.3) is 5.56 Å². The second-order valence-corrected chi connectivity index (χ2v) is 7.06. The summed E-state index contributed by atoms with van der Waals surface area (Å²) in [6.45, 7) is 2.67. The van der Waals surface area contributed by atoms with E-state index in [0.717, 1.165) is 15.8 Å². The van der Waals surface area contributed by atoms with E-state index in [2.05, 4.69) is 10.3 Å². The molecule has 4 rings (SSSR count). The van der Waals surface area contributed by atoms with Gasteiger partial charge in [0.15, 0.2) is 5.78 Å². The zero-order valence-electron chi connectivity index (χ0n) is 13.6. The lowest BCUT2D eigenvalue weighted by atomic mass is 10.1. The predicted molar refractivity (Wildman–Crippen MR) is 98.5 cm³/mol. The molecule has 126 valence electrons. The van der Waals surface area contributed by atoms with Crippen LogP contribution in [0.4, 0.5) is 5.69 Å². The van der Waals surface area contributed by atoms with E-state index >= 15 is 0 Å². The van der Waals surface area contributed by atoms with Gasteiger partial charge in [0, 0.05) is 5.56 Å². The Labute approximate surface area is 148 Å². The Hall–Kier alpha value is -2.80. The van der Waals surface area contributed by atoms with E-state index in [1.165, 1.54) is 11.5 Å². The minimum absolute atomic E-state index is 0.0278. The fraction of sp³-hybridized carbons (Fsp3) is 0.222. The van der Waals surface area contributed by atoms with Crippen LogP contribution in [0.15, 0.2) is 63.7 Å². The molecule has 1 aromatic heterocycles. The molecule has 2 aromatic carbocycles. The molecule has 2 heterocycles. The van der Waals surface area contributed by atoms with Gasteiger partial charge in [-0.1, -0.05) is 28.9 Å². The highest BCUT2D eigenvalue weighted by atomic mass is 32.1. The number of hydrogen-bond acceptors (Lipinski definition) is 6. The zero-order valence-corrected chi connectivity index (χ0v) is 14.4. The van der Waals surface area contributed by atoms with Gasteiger partial charge >= 0.3 is 0 Å². The van der Waals surface area contributed by atoms with E-state index in [1.54, 1.807) is 28.0 Å². The quantitative estimate of drug-likeness (QED) is 0.675. The highest BCUT2D eigenvalue weighted by molar-refractivity contribution is 7.13. The van der Waals surface area contributed by atoms with Crippen LogP contribution >= 0.6 is 11.5 Å². The van der Waals surface area contributed by atoms with Gasteiger partial charge in [0.05, 0.1) is 28.9 Å². The van der Waals surface area contributed by atoms with Crippen LogP contribution in [-0.2, 0) is 6.54 Å². The topological polar surface area (TPSA) is 67.0 Å². The Bertz CT molecular complexity index is 1020. The Balaban J connectivity index is 1.49. The number of rotatable bonds is 4. The van der Waals surface area contributed by atoms with Gasteiger partial charge in [-0.3, -0.25) is 13.5 Å². The first kappa shape index (κ1) is 15.7. The van der Waals surface area contributed by atoms with E-state index in [1.807, 2.05) is 36.4 Å². The molecule has 0 fully saturated rings. The van der Waals surface area contributed by atoms with Crippen molar-refractivity contribution in [2.24, 2.45) is 10.3 Å². The number of aromatic nitrogens is 1. The van der Waals surface area contributed by atoms with Crippen molar-refractivity contribution in [1.29, 1.82) is 0 Å². The van der Waals surface area contributed by atoms with Crippen molar-refractivity contribution >= 4 is 33.1 Å². The summed E-state index contributed by atoms with van der Waals surface area (Å²) < 4.78 is 2.73. The van der Waals surface area contributed by atoms with Crippen molar-refractivity contribution in [1.82, 2.24) is 3.96 Å². The van der Waals surface area contributed by atoms with Crippen molar-refractivity contribution in [2.75, 3.05) is 11.6 Å². The smallest absolute Gasteiger partial charge is 0.268 e. The number of hydrogen-bond donors (Lipinski definition) is 0. The van der Waals surface area contributed by atoms with Crippen molar-refractivity contribution in [3.8, 4) is 0 Å². The summed E-state index contributed by atoms with van der Waals surface area (Å²) in [5.41, 5.74) is 1.59. The first-order valence-corrected chi connectivity index (χ1v) is 8.77. The Morgan fingerprint density at radius 1 is 1.20 bits per heavy atom. The fourth-order valence-corrected chi connectivity index (χ4v) is 3.92. The van der Waals surface area contributed by atoms with E-state index in [4.69, 9.17) is 0 Å². The molecule has 1 aliphatic heterocycles. The van der Waals surface area contributed by atoms with Crippen LogP contribution in [0.3, 0.4) is 0 Å². The molecular formula is C18H16N4O2S. The highest BCUT2D eigenvalue weighted by Crippen LogP contribution is 2.23. The Morgan fingerprint density at radius 3 is 2.68 bits per heavy atom. The summed E-state index contributed by atoms with van der Waals surface area (Å²) in [6.07, 6.45) is 0. The summed E-state index contributed by atoms with van der Waals surface area (Å²) in [4.78, 5) is 23.8. The Kier molecular flexibility index (Phi) is 3.93. The van der Waals surface area contributed by atoms with Gasteiger partial charge in [0.1, 0.15) is 6.04 Å². The van der Waals surface area contributed by atoms with Crippen LogP contribution in [0.2, 0.25) is 0 Å². The molecule has 1 aliphatic rings. The maximum atomic E-state index is 12.4. The average Bonchev–Trinajstić information content (AvgIpc) is 3.21. The first-order valence-electron chi connectivity index (χ1n) is 8.00. The van der Waals surface area contributed by atoms with E-state index in [0.29, 0.717) is 18.7 Å². The third-order valence-corrected chi connectivity index (χ3v) is 5.30. The average molecular weight is 352 g/mol. The molecule has 0 radical (unpaired) electrons. The van der Waals surface area contributed by atoms with Gasteiger partial charge in [-0.2, -0.15) is 5.11 Å². The molecule has 1 atom stereocenters. The number of carbonyl (C=O) groups is 1. The van der Waals surface area contributed by atoms with Gasteiger partial charge < -0.3 is 0 Å². The molecule has 0 amide bonds. The monoisotopic (exact) mass is 352 g/mol. The van der Waals surface area contributed by atoms with E-state index in [9.17, 15) is 9.59 Å². The third-order valence-electron chi connectivity index (χ3n) is 4.21. The summed E-state index contributed by atoms with van der Waals surface area (Å²) in [5.74, 6) is 0.0385. The van der Waals surface area contributed by atoms with Gasteiger partial charge in [0.2, 0.25) is 0 Å². The summed E-state index contributed by atoms with van der Waals surface area (Å²) in [7, 11) is 0. The molecular weight excluding hydrogens is 336 g/mol. The number of benzene rings is 2. The predicted octanol–water partition coefficient (Wildman–Crippen LogP) is 3.52. The summed E-state index contributed by atoms with van der Waals surface area (Å²) >= 11 is 1.46. The molecule has 0 spiro atoms. The standard InChI is InChI=1S/C18H16N4O2S/c1-12(23)13-6-8-15(9-7-13)21-10-14(19-20-21)11-22-18(24)16-4-2-3-5-17(16)25-22/h2-9,14H,10-11H2,1H3. The largest absolute Gasteiger partial charge is 0.295 e. The fourth-order valence-electron chi connectivity index (χ4n) is 2.86. The van der Waals surface area contributed by atoms with Crippen LogP contribution in [-0.4, -0.2) is 22.3 Å². The number of fused-ring (bicyclic) bond motifs is 1. The lowest BCUT2D eigenvalue weighted by Gasteiger charge is -2.14. The molecule has 0 saturated heterocycles. The van der Waals surface area contributed by atoms with Crippen LogP contribution in [0, 0.1) is 0 Å². The molecule has 3 aromatic rings. The number of nitrogens with zero attached hydrogens (tertiary/aromatic N) is 4. The summed E-state index contributed by atoms with van der Waals surface area (Å²) in [5, 5.41) is 11.0. The van der Waals surface area contributed by atoms with E-state index in [-0.39, 0.29) is 17.4 Å². The molecule has 25 heavy (non-hydrogen) atoms. The molecule has 0 bridgehead atoms. The van der Waals surface area contributed by atoms with Gasteiger partial charge in [-0.05, 0) is 43.3 Å². The van der Waals surface area contributed by atoms with Gasteiger partial charge in [-0.25, -0.2) is 5.01 Å². The van der Waals surface area contributed by atoms with E-state index < -0.39 is 0 Å². The lowest BCUT2D eigenvalue weighted by Crippen LogP contribution is -2.27. The minimum Gasteiger partial charge on any atom is -0.295 e. The number of Topliss-reactive ketones (excluding diaryl/α,β-unsaturated/α-hetero) is 1. The van der Waals surface area contributed by atoms with Crippen molar-refractivity contribution in [3.63, 3.8) is 0 Å². The van der Waals surface area contributed by atoms with Crippen LogP contribution in [0.25, 0.3) is 10.1 Å². The number of anilines is 1. The second-order valence-electron chi connectivity index (χ2n) is 6.00. The first-order chi connectivity index (χ1) is 12.1. The van der Waals surface area contributed by atoms with Crippen LogP contribution in [0.1, 0.15) is 17.3 Å². The third kappa shape index (κ3) is 2.98. The zero-order chi connectivity index (χ0) is 17.4. The van der Waals surface area contributed by atoms with Crippen LogP contribution < -0.4 is 10.6 Å². The lowest BCUT2D eigenvalue weighted by molar-refractivity contribution is 0.101. The van der Waals surface area contributed by atoms with Gasteiger partial charge in [-0.15, -0.1) is 0 Å². The normalized spacial score (nSPS) is 16.7. The van der Waals surface area contributed by atoms with Crippen molar-refractivity contribution < 1.29 is 4.79 Å². The minimum atomic E-state index is -0.0711. The molecule has 0 N–H and O–H groups in total. The number of ketones is 1. The summed E-state index contributed by atoms with van der Waals surface area (Å²) in [6, 6.07) is 14.9. The SMILES string of the molecule is CC(=O)c1ccc(N2CC(Cn3sc4ccccc4c3=O)N=N2)cc1. The molecule has 1 unspecified atom stereocenters. The molecule has 0 saturated carbocycles. The number of carbonyl (C=O) groups excluding carboxylic acids is 1. The highest BCUT2D eigenvalue weighted by Gasteiger charge is 2.22. The van der Waals surface area contributed by atoms with Crippen molar-refractivity contribution in [3.05, 3.63) is 64.4 Å². The van der Waals surface area contributed by atoms with Crippen molar-refractivity contribution in [2.45, 2.75) is 19.5 Å². The Morgan fingerprint density at radius 2 is 1.96 bits per heavy atom. The second kappa shape index (κ2) is 6.25. The maximum Gasteiger partial charge on any atom is 0.268 e. The molecule has 0 aliphatic carbocycles.